The number of hydrogen-bond acceptors (Lipinski definition) is 5. The summed E-state index contributed by atoms with van der Waals surface area (Å²) in [5, 5.41) is 8.32. The van der Waals surface area contributed by atoms with Gasteiger partial charge in [-0.05, 0) is 47.0 Å². The highest BCUT2D eigenvalue weighted by Crippen LogP contribution is 2.39. The molecule has 0 spiro atoms. The highest BCUT2D eigenvalue weighted by Gasteiger charge is 2.23. The van der Waals surface area contributed by atoms with E-state index in [2.05, 4.69) is 108 Å². The lowest BCUT2D eigenvalue weighted by Crippen LogP contribution is -2.36. The van der Waals surface area contributed by atoms with E-state index in [4.69, 9.17) is 14.4 Å². The Labute approximate surface area is 257 Å². The average molecular weight is 584 g/mol. The molecule has 1 N–H and O–H groups in total. The van der Waals surface area contributed by atoms with Crippen LogP contribution in [0.5, 0.6) is 0 Å². The number of benzene rings is 6. The van der Waals surface area contributed by atoms with Crippen molar-refractivity contribution < 1.29 is 4.42 Å². The number of aliphatic imine (C=N–C) groups is 2. The van der Waals surface area contributed by atoms with Crippen LogP contribution in [0.3, 0.4) is 0 Å². The lowest BCUT2D eigenvalue weighted by atomic mass is 9.97. The van der Waals surface area contributed by atoms with Gasteiger partial charge in [0.05, 0.1) is 0 Å². The molecule has 9 rings (SSSR count). The molecular weight excluding hydrogens is 559 g/mol. The van der Waals surface area contributed by atoms with Crippen LogP contribution in [-0.2, 0) is 0 Å². The summed E-state index contributed by atoms with van der Waals surface area (Å²) in [5.41, 5.74) is 7.16. The summed E-state index contributed by atoms with van der Waals surface area (Å²) in [7, 11) is 0. The quantitative estimate of drug-likeness (QED) is 0.224. The van der Waals surface area contributed by atoms with E-state index in [1.807, 2.05) is 47.7 Å². The van der Waals surface area contributed by atoms with Crippen molar-refractivity contribution in [3.05, 3.63) is 156 Å². The molecule has 0 fully saturated rings. The highest BCUT2D eigenvalue weighted by atomic mass is 32.1. The number of hydrogen-bond donors (Lipinski definition) is 1. The minimum atomic E-state index is -0.415. The van der Waals surface area contributed by atoms with Gasteiger partial charge in [-0.1, -0.05) is 109 Å². The summed E-state index contributed by atoms with van der Waals surface area (Å²) in [6.07, 6.45) is -0.415. The lowest BCUT2D eigenvalue weighted by Gasteiger charge is -2.23. The zero-order valence-corrected chi connectivity index (χ0v) is 24.4. The molecule has 1 aliphatic rings. The fourth-order valence-electron chi connectivity index (χ4n) is 6.33. The van der Waals surface area contributed by atoms with E-state index in [0.717, 1.165) is 61.4 Å². The van der Waals surface area contributed by atoms with Gasteiger partial charge in [0.25, 0.3) is 0 Å². The summed E-state index contributed by atoms with van der Waals surface area (Å²) < 4.78 is 8.71. The molecule has 0 radical (unpaired) electrons. The largest absolute Gasteiger partial charge is 0.456 e. The Hall–Kier alpha value is -5.52. The van der Waals surface area contributed by atoms with E-state index in [-0.39, 0.29) is 0 Å². The fraction of sp³-hybridized carbons (Fsp3) is 0.0256. The number of thiophene rings is 1. The van der Waals surface area contributed by atoms with Gasteiger partial charge in [0, 0.05) is 42.1 Å². The van der Waals surface area contributed by atoms with Crippen molar-refractivity contribution in [2.75, 3.05) is 0 Å². The Kier molecular flexibility index (Phi) is 5.71. The summed E-state index contributed by atoms with van der Waals surface area (Å²) >= 11 is 1.82. The molecule has 6 aromatic carbocycles. The van der Waals surface area contributed by atoms with Crippen LogP contribution in [0.4, 0.5) is 0 Å². The van der Waals surface area contributed by atoms with Crippen LogP contribution in [0.2, 0.25) is 0 Å². The van der Waals surface area contributed by atoms with Crippen molar-refractivity contribution in [1.82, 2.24) is 5.32 Å². The predicted octanol–water partition coefficient (Wildman–Crippen LogP) is 10.1. The first-order valence-corrected chi connectivity index (χ1v) is 15.5. The Balaban J connectivity index is 1.22. The highest BCUT2D eigenvalue weighted by molar-refractivity contribution is 7.25. The zero-order valence-electron chi connectivity index (χ0n) is 23.6. The van der Waals surface area contributed by atoms with Gasteiger partial charge in [-0.2, -0.15) is 0 Å². The number of nitrogens with one attached hydrogen (secondary N) is 1. The van der Waals surface area contributed by atoms with E-state index < -0.39 is 6.17 Å². The summed E-state index contributed by atoms with van der Waals surface area (Å²) in [5.74, 6) is 1.64. The Morgan fingerprint density at radius 1 is 0.523 bits per heavy atom. The molecule has 1 atom stereocenters. The van der Waals surface area contributed by atoms with E-state index in [1.54, 1.807) is 0 Å². The molecule has 4 nitrogen and oxygen atoms in total. The molecule has 8 aromatic rings. The number of rotatable bonds is 4. The van der Waals surface area contributed by atoms with Crippen LogP contribution in [0, 0.1) is 0 Å². The van der Waals surface area contributed by atoms with Crippen LogP contribution in [-0.4, -0.2) is 11.7 Å². The van der Waals surface area contributed by atoms with Gasteiger partial charge in [-0.25, -0.2) is 9.98 Å². The number of para-hydroxylation sites is 1. The maximum Gasteiger partial charge on any atom is 0.169 e. The molecule has 3 heterocycles. The maximum atomic E-state index is 6.20. The second-order valence-corrected chi connectivity index (χ2v) is 12.1. The molecule has 0 bridgehead atoms. The third-order valence-corrected chi connectivity index (χ3v) is 9.48. The van der Waals surface area contributed by atoms with Gasteiger partial charge in [0.15, 0.2) is 6.17 Å². The Morgan fingerprint density at radius 3 is 2.14 bits per heavy atom. The molecule has 0 saturated carbocycles. The van der Waals surface area contributed by atoms with Crippen LogP contribution >= 0.6 is 11.3 Å². The van der Waals surface area contributed by atoms with Gasteiger partial charge < -0.3 is 9.73 Å². The van der Waals surface area contributed by atoms with Crippen LogP contribution < -0.4 is 5.32 Å². The molecule has 2 aromatic heterocycles. The molecular formula is C39H25N3OS. The molecule has 1 aliphatic heterocycles. The number of furan rings is 1. The van der Waals surface area contributed by atoms with Crippen molar-refractivity contribution in [1.29, 1.82) is 0 Å². The van der Waals surface area contributed by atoms with Gasteiger partial charge >= 0.3 is 0 Å². The summed E-state index contributed by atoms with van der Waals surface area (Å²) in [4.78, 5) is 10.4. The third-order valence-electron chi connectivity index (χ3n) is 8.34. The summed E-state index contributed by atoms with van der Waals surface area (Å²) in [6.45, 7) is 0. The normalized spacial score (nSPS) is 15.0. The second kappa shape index (κ2) is 10.0. The molecule has 5 heteroatoms. The standard InChI is InChI=1S/C39H25N3OS/c1-2-11-24(12-3-1)37-40-38(42-39(41-37)30-18-10-22-34-36(30)29-16-5-7-21-33(29)44-34)26-14-8-13-25(23-26)27-17-9-20-32-35(27)28-15-4-6-19-31(28)43-32/h1-23,38H,(H,40,41,42). The van der Waals surface area contributed by atoms with E-state index in [0.29, 0.717) is 0 Å². The van der Waals surface area contributed by atoms with Gasteiger partial charge in [0.1, 0.15) is 22.8 Å². The molecule has 208 valence electrons. The molecule has 0 aliphatic carbocycles. The van der Waals surface area contributed by atoms with Crippen LogP contribution in [0.25, 0.3) is 53.2 Å². The van der Waals surface area contributed by atoms with Gasteiger partial charge in [-0.15, -0.1) is 11.3 Å². The first-order valence-electron chi connectivity index (χ1n) is 14.7. The minimum absolute atomic E-state index is 0.415. The van der Waals surface area contributed by atoms with Gasteiger partial charge in [-0.3, -0.25) is 0 Å². The topological polar surface area (TPSA) is 49.9 Å². The van der Waals surface area contributed by atoms with Crippen LogP contribution in [0.1, 0.15) is 22.9 Å². The second-order valence-electron chi connectivity index (χ2n) is 11.0. The van der Waals surface area contributed by atoms with Crippen molar-refractivity contribution in [3.8, 4) is 11.1 Å². The molecule has 0 saturated heterocycles. The van der Waals surface area contributed by atoms with E-state index in [9.17, 15) is 0 Å². The molecule has 44 heavy (non-hydrogen) atoms. The number of nitrogens with zero attached hydrogens (tertiary/aromatic N) is 2. The van der Waals surface area contributed by atoms with Crippen LogP contribution in [0.15, 0.2) is 154 Å². The Morgan fingerprint density at radius 2 is 1.20 bits per heavy atom. The van der Waals surface area contributed by atoms with Crippen molar-refractivity contribution >= 4 is 65.1 Å². The third kappa shape index (κ3) is 4.05. The molecule has 0 amide bonds. The van der Waals surface area contributed by atoms with Crippen molar-refractivity contribution in [2.24, 2.45) is 9.98 Å². The lowest BCUT2D eigenvalue weighted by molar-refractivity contribution is 0.669. The first-order chi connectivity index (χ1) is 21.8. The predicted molar refractivity (Wildman–Crippen MR) is 184 cm³/mol. The fourth-order valence-corrected chi connectivity index (χ4v) is 7.46. The van der Waals surface area contributed by atoms with E-state index >= 15 is 0 Å². The SMILES string of the molecule is c1ccc(C2=NC(c3cccc(-c4cccc5oc6ccccc6c45)c3)N=C(c3cccc4sc5ccccc5c34)N2)cc1. The van der Waals surface area contributed by atoms with Gasteiger partial charge in [0.2, 0.25) is 0 Å². The summed E-state index contributed by atoms with van der Waals surface area (Å²) in [6, 6.07) is 48.5. The average Bonchev–Trinajstić information content (AvgIpc) is 3.67. The number of amidine groups is 2. The maximum absolute atomic E-state index is 6.20. The first kappa shape index (κ1) is 25.0. The van der Waals surface area contributed by atoms with Crippen molar-refractivity contribution in [2.45, 2.75) is 6.17 Å². The monoisotopic (exact) mass is 583 g/mol. The minimum Gasteiger partial charge on any atom is -0.456 e. The van der Waals surface area contributed by atoms with E-state index in [1.165, 1.54) is 20.2 Å². The van der Waals surface area contributed by atoms with Crippen molar-refractivity contribution in [3.63, 3.8) is 0 Å². The Bertz CT molecular complexity index is 2430. The molecule has 1 unspecified atom stereocenters. The number of fused-ring (bicyclic) bond motifs is 6. The smallest absolute Gasteiger partial charge is 0.169 e. The zero-order chi connectivity index (χ0) is 29.0.